The smallest absolute Gasteiger partial charge is 0.315 e. The Balaban J connectivity index is 4.34. The molecule has 0 aromatic heterocycles. The summed E-state index contributed by atoms with van der Waals surface area (Å²) in [6, 6.07) is -0.283. The highest BCUT2D eigenvalue weighted by Crippen LogP contribution is 2.25. The van der Waals surface area contributed by atoms with Crippen molar-refractivity contribution in [3.63, 3.8) is 0 Å². The van der Waals surface area contributed by atoms with E-state index in [4.69, 9.17) is 0 Å². The van der Waals surface area contributed by atoms with Crippen molar-refractivity contribution in [1.29, 1.82) is 0 Å². The monoisotopic (exact) mass is 301 g/mol. The summed E-state index contributed by atoms with van der Waals surface area (Å²) in [7, 11) is 0. The van der Waals surface area contributed by atoms with Gasteiger partial charge < -0.3 is 20.6 Å². The molecule has 1 atom stereocenters. The quantitative estimate of drug-likeness (QED) is 0.575. The summed E-state index contributed by atoms with van der Waals surface area (Å²) in [5.74, 6) is -0.857. The molecule has 0 aliphatic heterocycles. The average molecular weight is 301 g/mol. The van der Waals surface area contributed by atoms with Crippen molar-refractivity contribution in [2.75, 3.05) is 26.2 Å². The van der Waals surface area contributed by atoms with Gasteiger partial charge in [0.1, 0.15) is 0 Å². The molecule has 1 unspecified atom stereocenters. The second kappa shape index (κ2) is 9.60. The maximum atomic E-state index is 11.9. The van der Waals surface area contributed by atoms with Crippen LogP contribution in [0.1, 0.15) is 47.5 Å². The number of carboxylic acid groups (broad SMARTS) is 1. The second-order valence-electron chi connectivity index (χ2n) is 5.51. The summed E-state index contributed by atoms with van der Waals surface area (Å²) in [5.41, 5.74) is -0.876. The molecule has 0 aliphatic rings. The van der Waals surface area contributed by atoms with Crippen molar-refractivity contribution in [2.45, 2.75) is 53.5 Å². The van der Waals surface area contributed by atoms with Gasteiger partial charge in [-0.3, -0.25) is 4.79 Å². The van der Waals surface area contributed by atoms with E-state index in [-0.39, 0.29) is 18.6 Å². The molecule has 0 spiro atoms. The van der Waals surface area contributed by atoms with Crippen LogP contribution in [-0.2, 0) is 4.79 Å². The standard InChI is InChI=1S/C15H31N3O3/c1-6-15(7-2,13(19)20)11-16-14(21)17-12(5)10-18(8-3)9-4/h12H,6-11H2,1-5H3,(H,19,20)(H2,16,17,21). The first-order valence-electron chi connectivity index (χ1n) is 7.85. The average Bonchev–Trinajstić information content (AvgIpc) is 2.45. The predicted octanol–water partition coefficient (Wildman–Crippen LogP) is 1.91. The zero-order chi connectivity index (χ0) is 16.5. The molecule has 124 valence electrons. The maximum absolute atomic E-state index is 11.9. The normalized spacial score (nSPS) is 13.0. The minimum Gasteiger partial charge on any atom is -0.481 e. The van der Waals surface area contributed by atoms with Crippen LogP contribution < -0.4 is 10.6 Å². The molecule has 0 saturated heterocycles. The molecule has 0 saturated carbocycles. The maximum Gasteiger partial charge on any atom is 0.315 e. The zero-order valence-electron chi connectivity index (χ0n) is 14.0. The number of likely N-dealkylation sites (N-methyl/N-ethyl adjacent to an activating group) is 1. The van der Waals surface area contributed by atoms with Crippen molar-refractivity contribution in [3.05, 3.63) is 0 Å². The molecule has 2 amide bonds. The first-order valence-corrected chi connectivity index (χ1v) is 7.85. The van der Waals surface area contributed by atoms with Gasteiger partial charge in [-0.15, -0.1) is 0 Å². The van der Waals surface area contributed by atoms with Gasteiger partial charge in [0.05, 0.1) is 5.41 Å². The van der Waals surface area contributed by atoms with Gasteiger partial charge in [-0.25, -0.2) is 4.79 Å². The van der Waals surface area contributed by atoms with E-state index in [1.807, 2.05) is 20.8 Å². The molecule has 0 radical (unpaired) electrons. The number of urea groups is 1. The van der Waals surface area contributed by atoms with Crippen LogP contribution >= 0.6 is 0 Å². The Morgan fingerprint density at radius 1 is 1.14 bits per heavy atom. The number of hydrogen-bond acceptors (Lipinski definition) is 3. The fourth-order valence-electron chi connectivity index (χ4n) is 2.32. The predicted molar refractivity (Wildman–Crippen MR) is 84.4 cm³/mol. The molecule has 0 bridgehead atoms. The number of nitrogens with zero attached hydrogens (tertiary/aromatic N) is 1. The molecule has 0 aromatic carbocycles. The Labute approximate surface area is 128 Å². The highest BCUT2D eigenvalue weighted by molar-refractivity contribution is 5.78. The third-order valence-electron chi connectivity index (χ3n) is 4.20. The summed E-state index contributed by atoms with van der Waals surface area (Å²) < 4.78 is 0. The minimum atomic E-state index is -0.876. The summed E-state index contributed by atoms with van der Waals surface area (Å²) in [4.78, 5) is 25.5. The lowest BCUT2D eigenvalue weighted by Crippen LogP contribution is -2.50. The fourth-order valence-corrected chi connectivity index (χ4v) is 2.32. The van der Waals surface area contributed by atoms with E-state index in [0.717, 1.165) is 19.6 Å². The van der Waals surface area contributed by atoms with E-state index >= 15 is 0 Å². The van der Waals surface area contributed by atoms with Crippen LogP contribution in [0.2, 0.25) is 0 Å². The van der Waals surface area contributed by atoms with E-state index in [1.165, 1.54) is 0 Å². The fraction of sp³-hybridized carbons (Fsp3) is 0.867. The van der Waals surface area contributed by atoms with Gasteiger partial charge >= 0.3 is 12.0 Å². The molecule has 0 aliphatic carbocycles. The highest BCUT2D eigenvalue weighted by Gasteiger charge is 2.35. The van der Waals surface area contributed by atoms with E-state index in [1.54, 1.807) is 0 Å². The summed E-state index contributed by atoms with van der Waals surface area (Å²) in [6.07, 6.45) is 0.988. The molecule has 6 nitrogen and oxygen atoms in total. The number of carboxylic acids is 1. The van der Waals surface area contributed by atoms with Crippen molar-refractivity contribution in [1.82, 2.24) is 15.5 Å². The Bertz CT molecular complexity index is 326. The Morgan fingerprint density at radius 2 is 1.67 bits per heavy atom. The molecule has 0 fully saturated rings. The molecule has 0 rings (SSSR count). The zero-order valence-corrected chi connectivity index (χ0v) is 14.0. The van der Waals surface area contributed by atoms with Crippen molar-refractivity contribution >= 4 is 12.0 Å². The van der Waals surface area contributed by atoms with Gasteiger partial charge in [0, 0.05) is 19.1 Å². The number of amides is 2. The lowest BCUT2D eigenvalue weighted by atomic mass is 9.82. The van der Waals surface area contributed by atoms with Gasteiger partial charge in [0.2, 0.25) is 0 Å². The van der Waals surface area contributed by atoms with Crippen molar-refractivity contribution < 1.29 is 14.7 Å². The van der Waals surface area contributed by atoms with Crippen LogP contribution in [0.25, 0.3) is 0 Å². The van der Waals surface area contributed by atoms with E-state index in [0.29, 0.717) is 12.8 Å². The topological polar surface area (TPSA) is 81.7 Å². The molecule has 0 aromatic rings. The SMILES string of the molecule is CCN(CC)CC(C)NC(=O)NCC(CC)(CC)C(=O)O. The summed E-state index contributed by atoms with van der Waals surface area (Å²) >= 11 is 0. The van der Waals surface area contributed by atoms with Crippen molar-refractivity contribution in [3.8, 4) is 0 Å². The van der Waals surface area contributed by atoms with Gasteiger partial charge in [-0.05, 0) is 32.9 Å². The van der Waals surface area contributed by atoms with Crippen LogP contribution in [0.3, 0.4) is 0 Å². The van der Waals surface area contributed by atoms with E-state index < -0.39 is 11.4 Å². The third-order valence-corrected chi connectivity index (χ3v) is 4.20. The molecular formula is C15H31N3O3. The Hall–Kier alpha value is -1.30. The highest BCUT2D eigenvalue weighted by atomic mass is 16.4. The van der Waals surface area contributed by atoms with Gasteiger partial charge in [0.25, 0.3) is 0 Å². The minimum absolute atomic E-state index is 0.0207. The number of hydrogen-bond donors (Lipinski definition) is 3. The summed E-state index contributed by atoms with van der Waals surface area (Å²) in [5, 5.41) is 14.9. The number of carbonyl (C=O) groups excluding carboxylic acids is 1. The number of aliphatic carboxylic acids is 1. The second-order valence-corrected chi connectivity index (χ2v) is 5.51. The number of carbonyl (C=O) groups is 2. The van der Waals surface area contributed by atoms with Gasteiger partial charge in [-0.2, -0.15) is 0 Å². The Kier molecular flexibility index (Phi) is 9.01. The third kappa shape index (κ3) is 6.33. The number of rotatable bonds is 10. The Morgan fingerprint density at radius 3 is 2.05 bits per heavy atom. The van der Waals surface area contributed by atoms with Crippen molar-refractivity contribution in [2.24, 2.45) is 5.41 Å². The summed E-state index contributed by atoms with van der Waals surface area (Å²) in [6.45, 7) is 12.6. The first-order chi connectivity index (χ1) is 9.84. The van der Waals surface area contributed by atoms with Crippen LogP contribution in [0.4, 0.5) is 4.79 Å². The molecule has 6 heteroatoms. The van der Waals surface area contributed by atoms with Gasteiger partial charge in [-0.1, -0.05) is 27.7 Å². The lowest BCUT2D eigenvalue weighted by Gasteiger charge is -2.28. The largest absolute Gasteiger partial charge is 0.481 e. The van der Waals surface area contributed by atoms with Gasteiger partial charge in [0.15, 0.2) is 0 Å². The lowest BCUT2D eigenvalue weighted by molar-refractivity contribution is -0.149. The van der Waals surface area contributed by atoms with E-state index in [2.05, 4.69) is 29.4 Å². The molecule has 21 heavy (non-hydrogen) atoms. The first kappa shape index (κ1) is 19.7. The van der Waals surface area contributed by atoms with E-state index in [9.17, 15) is 14.7 Å². The molecular weight excluding hydrogens is 270 g/mol. The van der Waals surface area contributed by atoms with Crippen LogP contribution in [0.15, 0.2) is 0 Å². The number of nitrogens with one attached hydrogen (secondary N) is 2. The van der Waals surface area contributed by atoms with Crippen LogP contribution in [0.5, 0.6) is 0 Å². The van der Waals surface area contributed by atoms with Crippen LogP contribution in [-0.4, -0.2) is 54.2 Å². The molecule has 3 N–H and O–H groups in total. The molecule has 0 heterocycles. The van der Waals surface area contributed by atoms with Crippen LogP contribution in [0, 0.1) is 5.41 Å².